The maximum Gasteiger partial charge on any atom is 0.321 e. The number of nitrogens with zero attached hydrogens (tertiary/aromatic N) is 2. The van der Waals surface area contributed by atoms with E-state index in [1.54, 1.807) is 22.0 Å². The molecule has 1 atom stereocenters. The quantitative estimate of drug-likeness (QED) is 0.452. The normalized spacial score (nSPS) is 16.0. The average Bonchev–Trinajstić information content (AvgIpc) is 2.99. The Hall–Kier alpha value is -2.13. The summed E-state index contributed by atoms with van der Waals surface area (Å²) in [4.78, 5) is 42.9. The van der Waals surface area contributed by atoms with Gasteiger partial charge in [0, 0.05) is 18.5 Å². The third-order valence-electron chi connectivity index (χ3n) is 4.50. The van der Waals surface area contributed by atoms with Gasteiger partial charge in [-0.1, -0.05) is 24.8 Å². The van der Waals surface area contributed by atoms with Gasteiger partial charge < -0.3 is 5.32 Å². The number of fused-ring (bicyclic) bond motifs is 3. The van der Waals surface area contributed by atoms with Crippen LogP contribution in [0.3, 0.4) is 0 Å². The molecule has 0 saturated heterocycles. The Labute approximate surface area is 165 Å². The largest absolute Gasteiger partial charge is 0.341 e. The molecule has 2 aromatic rings. The summed E-state index contributed by atoms with van der Waals surface area (Å²) in [5, 5.41) is 5.71. The number of aromatic nitrogens is 2. The third kappa shape index (κ3) is 4.08. The van der Waals surface area contributed by atoms with Crippen molar-refractivity contribution in [1.82, 2.24) is 20.2 Å². The summed E-state index contributed by atoms with van der Waals surface area (Å²) < 4.78 is 1.55. The van der Waals surface area contributed by atoms with Crippen molar-refractivity contribution in [3.8, 4) is 0 Å². The summed E-state index contributed by atoms with van der Waals surface area (Å²) >= 11 is 2.72. The molecule has 2 aromatic heterocycles. The summed E-state index contributed by atoms with van der Waals surface area (Å²) in [6.07, 6.45) is 4.61. The number of imide groups is 1. The lowest BCUT2D eigenvalue weighted by Crippen LogP contribution is -2.38. The van der Waals surface area contributed by atoms with Crippen molar-refractivity contribution >= 4 is 45.3 Å². The number of amides is 3. The molecule has 0 aromatic carbocycles. The predicted molar refractivity (Wildman–Crippen MR) is 109 cm³/mol. The lowest BCUT2D eigenvalue weighted by molar-refractivity contribution is -0.117. The van der Waals surface area contributed by atoms with E-state index in [4.69, 9.17) is 0 Å². The number of carbonyl (C=O) groups is 2. The van der Waals surface area contributed by atoms with Crippen molar-refractivity contribution in [2.24, 2.45) is 5.92 Å². The van der Waals surface area contributed by atoms with Gasteiger partial charge in [0.25, 0.3) is 5.56 Å². The zero-order chi connectivity index (χ0) is 19.6. The second-order valence-electron chi connectivity index (χ2n) is 6.55. The lowest BCUT2D eigenvalue weighted by Gasteiger charge is -2.17. The van der Waals surface area contributed by atoms with Crippen molar-refractivity contribution < 1.29 is 9.59 Å². The number of hydrogen-bond donors (Lipinski definition) is 2. The zero-order valence-corrected chi connectivity index (χ0v) is 17.0. The minimum Gasteiger partial charge on any atom is -0.341 e. The van der Waals surface area contributed by atoms with Crippen LogP contribution in [0.5, 0.6) is 0 Å². The highest BCUT2D eigenvalue weighted by molar-refractivity contribution is 7.99. The molecule has 2 heterocycles. The van der Waals surface area contributed by atoms with Crippen LogP contribution in [0.25, 0.3) is 10.2 Å². The number of urea groups is 1. The van der Waals surface area contributed by atoms with Crippen LogP contribution in [-0.4, -0.2) is 34.3 Å². The molecule has 0 radical (unpaired) electrons. The van der Waals surface area contributed by atoms with Gasteiger partial charge in [0.05, 0.1) is 11.1 Å². The van der Waals surface area contributed by atoms with Crippen molar-refractivity contribution in [3.63, 3.8) is 0 Å². The molecule has 0 unspecified atom stereocenters. The zero-order valence-electron chi connectivity index (χ0n) is 15.3. The minimum absolute atomic E-state index is 0.00929. The lowest BCUT2D eigenvalue weighted by atomic mass is 9.89. The molecular weight excluding hydrogens is 384 g/mol. The molecule has 7 nitrogen and oxygen atoms in total. The highest BCUT2D eigenvalue weighted by atomic mass is 32.2. The maximum atomic E-state index is 13.1. The number of thiophene rings is 1. The molecule has 0 spiro atoms. The van der Waals surface area contributed by atoms with Gasteiger partial charge in [-0.25, -0.2) is 9.78 Å². The molecule has 3 amide bonds. The van der Waals surface area contributed by atoms with Crippen LogP contribution in [0.2, 0.25) is 0 Å². The number of allylic oxidation sites excluding steroid dienone is 1. The number of carbonyl (C=O) groups excluding carboxylic acids is 2. The van der Waals surface area contributed by atoms with Crippen molar-refractivity contribution in [1.29, 1.82) is 0 Å². The molecule has 1 aliphatic carbocycles. The smallest absolute Gasteiger partial charge is 0.321 e. The van der Waals surface area contributed by atoms with Crippen molar-refractivity contribution in [2.45, 2.75) is 37.9 Å². The summed E-state index contributed by atoms with van der Waals surface area (Å²) in [6.45, 7) is 6.27. The highest BCUT2D eigenvalue weighted by Crippen LogP contribution is 2.36. The van der Waals surface area contributed by atoms with E-state index in [1.165, 1.54) is 11.9 Å². The Morgan fingerprint density at radius 1 is 1.48 bits per heavy atom. The van der Waals surface area contributed by atoms with Crippen LogP contribution in [-0.2, 0) is 24.2 Å². The monoisotopic (exact) mass is 406 g/mol. The summed E-state index contributed by atoms with van der Waals surface area (Å²) in [7, 11) is 1.44. The first-order chi connectivity index (χ1) is 12.9. The fourth-order valence-corrected chi connectivity index (χ4v) is 5.39. The molecule has 1 aliphatic rings. The Balaban J connectivity index is 1.96. The topological polar surface area (TPSA) is 93.1 Å². The first kappa shape index (κ1) is 19.6. The van der Waals surface area contributed by atoms with E-state index in [9.17, 15) is 14.4 Å². The van der Waals surface area contributed by atoms with Gasteiger partial charge in [-0.3, -0.25) is 19.5 Å². The number of nitrogens with one attached hydrogen (secondary N) is 2. The Morgan fingerprint density at radius 3 is 2.96 bits per heavy atom. The van der Waals surface area contributed by atoms with Crippen molar-refractivity contribution in [2.75, 3.05) is 12.8 Å². The SMILES string of the molecule is C=CCn1c(SCC(=O)NC(=O)NC)nc2sc3c(c2c1=O)CC[C@H](C)C3. The molecular formula is C18H22N4O3S2. The van der Waals surface area contributed by atoms with Crippen LogP contribution >= 0.6 is 23.1 Å². The van der Waals surface area contributed by atoms with Gasteiger partial charge >= 0.3 is 6.03 Å². The van der Waals surface area contributed by atoms with E-state index in [0.717, 1.165) is 41.4 Å². The molecule has 0 fully saturated rings. The van der Waals surface area contributed by atoms with Crippen LogP contribution in [0.1, 0.15) is 23.8 Å². The number of aryl methyl sites for hydroxylation is 1. The third-order valence-corrected chi connectivity index (χ3v) is 6.63. The molecule has 0 bridgehead atoms. The van der Waals surface area contributed by atoms with E-state index >= 15 is 0 Å². The molecule has 2 N–H and O–H groups in total. The number of rotatable bonds is 5. The van der Waals surface area contributed by atoms with Crippen LogP contribution in [0.15, 0.2) is 22.6 Å². The van der Waals surface area contributed by atoms with E-state index in [-0.39, 0.29) is 11.3 Å². The second-order valence-corrected chi connectivity index (χ2v) is 8.57. The molecule has 144 valence electrons. The molecule has 3 rings (SSSR count). The van der Waals surface area contributed by atoms with E-state index in [1.807, 2.05) is 0 Å². The van der Waals surface area contributed by atoms with Gasteiger partial charge in [-0.05, 0) is 30.7 Å². The predicted octanol–water partition coefficient (Wildman–Crippen LogP) is 2.32. The van der Waals surface area contributed by atoms with Gasteiger partial charge in [0.1, 0.15) is 4.83 Å². The Morgan fingerprint density at radius 2 is 2.26 bits per heavy atom. The summed E-state index contributed by atoms with van der Waals surface area (Å²) in [5.74, 6) is 0.159. The Kier molecular flexibility index (Phi) is 6.01. The van der Waals surface area contributed by atoms with Crippen LogP contribution in [0, 0.1) is 5.92 Å². The second kappa shape index (κ2) is 8.26. The van der Waals surface area contributed by atoms with Gasteiger partial charge in [-0.2, -0.15) is 0 Å². The number of hydrogen-bond acceptors (Lipinski definition) is 6. The molecule has 27 heavy (non-hydrogen) atoms. The first-order valence-corrected chi connectivity index (χ1v) is 10.5. The molecule has 0 aliphatic heterocycles. The first-order valence-electron chi connectivity index (χ1n) is 8.75. The van der Waals surface area contributed by atoms with Gasteiger partial charge in [0.15, 0.2) is 5.16 Å². The maximum absolute atomic E-state index is 13.1. The molecule has 0 saturated carbocycles. The summed E-state index contributed by atoms with van der Waals surface area (Å²) in [6, 6.07) is -0.562. The summed E-state index contributed by atoms with van der Waals surface area (Å²) in [5.41, 5.74) is 1.05. The van der Waals surface area contributed by atoms with E-state index in [2.05, 4.69) is 29.1 Å². The highest BCUT2D eigenvalue weighted by Gasteiger charge is 2.24. The van der Waals surface area contributed by atoms with Crippen LogP contribution < -0.4 is 16.2 Å². The van der Waals surface area contributed by atoms with Gasteiger partial charge in [-0.15, -0.1) is 17.9 Å². The van der Waals surface area contributed by atoms with Crippen LogP contribution in [0.4, 0.5) is 4.79 Å². The standard InChI is InChI=1S/C18H22N4O3S2/c1-4-7-22-16(24)14-11-6-5-10(2)8-12(11)27-15(14)21-18(22)26-9-13(23)20-17(25)19-3/h4,10H,1,5-9H2,2-3H3,(H2,19,20,23,25)/t10-/m0/s1. The Bertz CT molecular complexity index is 964. The van der Waals surface area contributed by atoms with Crippen molar-refractivity contribution in [3.05, 3.63) is 33.4 Å². The molecule has 9 heteroatoms. The van der Waals surface area contributed by atoms with E-state index < -0.39 is 11.9 Å². The van der Waals surface area contributed by atoms with Gasteiger partial charge in [0.2, 0.25) is 5.91 Å². The minimum atomic E-state index is -0.562. The fraction of sp³-hybridized carbons (Fsp3) is 0.444. The van der Waals surface area contributed by atoms with E-state index in [0.29, 0.717) is 23.0 Å². The fourth-order valence-electron chi connectivity index (χ4n) is 3.16. The number of thioether (sulfide) groups is 1. The average molecular weight is 407 g/mol.